The van der Waals surface area contributed by atoms with Crippen molar-refractivity contribution in [3.63, 3.8) is 0 Å². The van der Waals surface area contributed by atoms with Crippen LogP contribution in [0.5, 0.6) is 11.5 Å². The van der Waals surface area contributed by atoms with E-state index >= 15 is 0 Å². The van der Waals surface area contributed by atoms with E-state index in [0.717, 1.165) is 24.3 Å². The molecule has 0 unspecified atom stereocenters. The number of rotatable bonds is 3. The second kappa shape index (κ2) is 8.93. The molecule has 0 heterocycles. The minimum absolute atomic E-state index is 0.364. The van der Waals surface area contributed by atoms with Crippen LogP contribution in [0, 0.1) is 6.07 Å². The van der Waals surface area contributed by atoms with Gasteiger partial charge in [-0.25, -0.2) is 0 Å². The van der Waals surface area contributed by atoms with Gasteiger partial charge in [-0.1, -0.05) is 6.42 Å². The van der Waals surface area contributed by atoms with E-state index in [1.165, 1.54) is 35.6 Å². The van der Waals surface area contributed by atoms with Gasteiger partial charge in [0.1, 0.15) is 0 Å². The number of halogens is 1. The molecule has 4 heteroatoms. The first-order valence-electron chi connectivity index (χ1n) is 5.87. The first-order valence-corrected chi connectivity index (χ1v) is 12.8. The average Bonchev–Trinajstić information content (AvgIpc) is 2.43. The molecule has 0 N–H and O–H groups in total. The summed E-state index contributed by atoms with van der Waals surface area (Å²) in [7, 11) is 1.67. The van der Waals surface area contributed by atoms with Gasteiger partial charge in [-0.05, 0) is 25.7 Å². The Bertz CT molecular complexity index is 314. The van der Waals surface area contributed by atoms with Crippen LogP contribution in [0.25, 0.3) is 0 Å². The normalized spacial score (nSPS) is 15.8. The summed E-state index contributed by atoms with van der Waals surface area (Å²) in [6.45, 7) is 0. The van der Waals surface area contributed by atoms with Gasteiger partial charge in [-0.2, -0.15) is 12.1 Å². The summed E-state index contributed by atoms with van der Waals surface area (Å²) in [4.78, 5) is 0. The van der Waals surface area contributed by atoms with E-state index in [9.17, 15) is 0 Å². The SMILES string of the molecule is COc1cc[c-]cc1OC1CCCCC1.[Zn+][Br]. The van der Waals surface area contributed by atoms with Crippen LogP contribution in [-0.4, -0.2) is 13.2 Å². The molecule has 0 aromatic heterocycles. The maximum atomic E-state index is 5.92. The van der Waals surface area contributed by atoms with Gasteiger partial charge in [0.2, 0.25) is 0 Å². The van der Waals surface area contributed by atoms with Crippen LogP contribution in [0.3, 0.4) is 0 Å². The van der Waals surface area contributed by atoms with E-state index in [0.29, 0.717) is 6.10 Å². The number of methoxy groups -OCH3 is 1. The molecule has 17 heavy (non-hydrogen) atoms. The molecular formula is C13H17BrO2Zn. The van der Waals surface area contributed by atoms with E-state index in [1.54, 1.807) is 7.11 Å². The predicted molar refractivity (Wildman–Crippen MR) is 68.3 cm³/mol. The molecule has 0 saturated heterocycles. The Kier molecular flexibility index (Phi) is 7.87. The fourth-order valence-electron chi connectivity index (χ4n) is 2.02. The van der Waals surface area contributed by atoms with Gasteiger partial charge < -0.3 is 9.47 Å². The average molecular weight is 351 g/mol. The minimum atomic E-state index is 0.364. The third kappa shape index (κ3) is 4.97. The van der Waals surface area contributed by atoms with Gasteiger partial charge in [0.15, 0.2) is 0 Å². The van der Waals surface area contributed by atoms with E-state index < -0.39 is 0 Å². The second-order valence-electron chi connectivity index (χ2n) is 3.95. The van der Waals surface area contributed by atoms with Crippen LogP contribution < -0.4 is 9.47 Å². The molecule has 0 radical (unpaired) electrons. The van der Waals surface area contributed by atoms with Gasteiger partial charge in [-0.15, -0.1) is 12.1 Å². The van der Waals surface area contributed by atoms with Crippen molar-refractivity contribution in [3.8, 4) is 11.5 Å². The molecule has 1 aliphatic rings. The third-order valence-corrected chi connectivity index (χ3v) is 2.85. The second-order valence-corrected chi connectivity index (χ2v) is 3.95. The van der Waals surface area contributed by atoms with Crippen molar-refractivity contribution in [1.29, 1.82) is 0 Å². The Balaban J connectivity index is 0.000000686. The van der Waals surface area contributed by atoms with Crippen LogP contribution in [-0.2, 0) is 16.3 Å². The Morgan fingerprint density at radius 3 is 2.59 bits per heavy atom. The monoisotopic (exact) mass is 348 g/mol. The van der Waals surface area contributed by atoms with E-state index in [4.69, 9.17) is 9.47 Å². The van der Waals surface area contributed by atoms with Crippen LogP contribution in [0.15, 0.2) is 18.2 Å². The van der Waals surface area contributed by atoms with Crippen LogP contribution in [0.2, 0.25) is 0 Å². The van der Waals surface area contributed by atoms with Crippen molar-refractivity contribution in [2.24, 2.45) is 0 Å². The zero-order chi connectivity index (χ0) is 12.5. The molecule has 1 fully saturated rings. The Labute approximate surface area is 120 Å². The molecule has 0 spiro atoms. The van der Waals surface area contributed by atoms with E-state index in [1.807, 2.05) is 18.2 Å². The quantitative estimate of drug-likeness (QED) is 0.605. The number of hydrogen-bond acceptors (Lipinski definition) is 2. The summed E-state index contributed by atoms with van der Waals surface area (Å²) in [5, 5.41) is 0. The number of benzene rings is 1. The van der Waals surface area contributed by atoms with Gasteiger partial charge in [0.25, 0.3) is 0 Å². The fraction of sp³-hybridized carbons (Fsp3) is 0.538. The van der Waals surface area contributed by atoms with Crippen molar-refractivity contribution in [2.45, 2.75) is 38.2 Å². The Hall–Kier alpha value is -0.0766. The fourth-order valence-corrected chi connectivity index (χ4v) is 2.02. The van der Waals surface area contributed by atoms with Crippen molar-refractivity contribution in [1.82, 2.24) is 0 Å². The number of hydrogen-bond donors (Lipinski definition) is 0. The summed E-state index contributed by atoms with van der Waals surface area (Å²) >= 11 is 4.25. The number of ether oxygens (including phenoxy) is 2. The molecule has 2 nitrogen and oxygen atoms in total. The summed E-state index contributed by atoms with van der Waals surface area (Å²) in [6, 6.07) is 8.60. The standard InChI is InChI=1S/C13H17O2.BrH.Zn/c1-14-12-9-5-6-10-13(12)15-11-7-3-2-4-8-11;;/h5,9-11H,2-4,7-8H2,1H3;1H;/q-1;;+2/p-1. The molecule has 1 aliphatic carbocycles. The molecule has 0 aliphatic heterocycles. The van der Waals surface area contributed by atoms with Crippen molar-refractivity contribution >= 4 is 13.6 Å². The zero-order valence-corrected chi connectivity index (χ0v) is 14.8. The van der Waals surface area contributed by atoms with Crippen LogP contribution >= 0.6 is 13.6 Å². The third-order valence-electron chi connectivity index (χ3n) is 2.85. The molecule has 0 atom stereocenters. The van der Waals surface area contributed by atoms with E-state index in [-0.39, 0.29) is 0 Å². The summed E-state index contributed by atoms with van der Waals surface area (Å²) in [5.74, 6) is 1.63. The first-order chi connectivity index (χ1) is 8.40. The van der Waals surface area contributed by atoms with Crippen molar-refractivity contribution in [2.75, 3.05) is 7.11 Å². The van der Waals surface area contributed by atoms with Crippen molar-refractivity contribution in [3.05, 3.63) is 24.3 Å². The molecule has 0 amide bonds. The molecule has 1 aromatic rings. The molecule has 1 saturated carbocycles. The summed E-state index contributed by atoms with van der Waals surface area (Å²) < 4.78 is 11.2. The van der Waals surface area contributed by atoms with Gasteiger partial charge in [0, 0.05) is 5.75 Å². The van der Waals surface area contributed by atoms with Crippen LogP contribution in [0.4, 0.5) is 0 Å². The van der Waals surface area contributed by atoms with Gasteiger partial charge in [0.05, 0.1) is 19.0 Å². The predicted octanol–water partition coefficient (Wildman–Crippen LogP) is 4.05. The Morgan fingerprint density at radius 2 is 1.94 bits per heavy atom. The molecular weight excluding hydrogens is 333 g/mol. The maximum absolute atomic E-state index is 5.92. The zero-order valence-electron chi connectivity index (χ0n) is 10.2. The summed E-state index contributed by atoms with van der Waals surface area (Å²) in [6.07, 6.45) is 6.60. The Morgan fingerprint density at radius 1 is 1.24 bits per heavy atom. The summed E-state index contributed by atoms with van der Waals surface area (Å²) in [5.41, 5.74) is 0. The van der Waals surface area contributed by atoms with E-state index in [2.05, 4.69) is 19.7 Å². The van der Waals surface area contributed by atoms with Gasteiger partial charge >= 0.3 is 30.0 Å². The molecule has 1 aromatic carbocycles. The van der Waals surface area contributed by atoms with Gasteiger partial charge in [-0.3, -0.25) is 0 Å². The molecule has 2 rings (SSSR count). The molecule has 90 valence electrons. The van der Waals surface area contributed by atoms with Crippen molar-refractivity contribution < 1.29 is 25.8 Å². The first kappa shape index (κ1) is 15.0. The van der Waals surface area contributed by atoms with Crippen LogP contribution in [0.1, 0.15) is 32.1 Å². The molecule has 0 bridgehead atoms. The topological polar surface area (TPSA) is 18.5 Å².